The fraction of sp³-hybridized carbons (Fsp3) is 0.700. The molecule has 0 radical (unpaired) electrons. The fourth-order valence-electron chi connectivity index (χ4n) is 2.79. The van der Waals surface area contributed by atoms with Gasteiger partial charge in [0.25, 0.3) is 0 Å². The third kappa shape index (κ3) is 8.23. The van der Waals surface area contributed by atoms with Gasteiger partial charge in [0.05, 0.1) is 5.60 Å². The van der Waals surface area contributed by atoms with Crippen LogP contribution in [0.1, 0.15) is 65.9 Å². The number of ether oxygens (including phenoxy) is 1. The van der Waals surface area contributed by atoms with Crippen LogP contribution in [-0.4, -0.2) is 22.5 Å². The Kier molecular flexibility index (Phi) is 9.26. The first-order valence-electron chi connectivity index (χ1n) is 8.99. The van der Waals surface area contributed by atoms with E-state index in [1.54, 1.807) is 0 Å². The van der Waals surface area contributed by atoms with E-state index in [0.29, 0.717) is 5.92 Å². The Labute approximate surface area is 146 Å². The van der Waals surface area contributed by atoms with E-state index in [2.05, 4.69) is 39.8 Å². The molecular weight excluding hydrogens is 304 g/mol. The van der Waals surface area contributed by atoms with Gasteiger partial charge < -0.3 is 9.29 Å². The van der Waals surface area contributed by atoms with Crippen molar-refractivity contribution < 1.29 is 9.29 Å². The maximum atomic E-state index is 12.4. The van der Waals surface area contributed by atoms with Crippen LogP contribution in [0.5, 0.6) is 0 Å². The highest BCUT2D eigenvalue weighted by Crippen LogP contribution is 2.22. The summed E-state index contributed by atoms with van der Waals surface area (Å²) in [6, 6.07) is 8.22. The van der Waals surface area contributed by atoms with Crippen LogP contribution < -0.4 is 0 Å². The summed E-state index contributed by atoms with van der Waals surface area (Å²) in [5, 5.41) is 0. The first kappa shape index (κ1) is 20.5. The molecule has 2 unspecified atom stereocenters. The Balaban J connectivity index is 2.27. The molecule has 1 aromatic rings. The van der Waals surface area contributed by atoms with E-state index in [1.807, 2.05) is 19.1 Å². The molecular formula is C20H34O2S. The van der Waals surface area contributed by atoms with E-state index in [9.17, 15) is 4.55 Å². The van der Waals surface area contributed by atoms with Gasteiger partial charge in [-0.25, -0.2) is 0 Å². The molecule has 0 fully saturated rings. The number of hydrogen-bond acceptors (Lipinski definition) is 2. The highest BCUT2D eigenvalue weighted by atomic mass is 32.2. The number of aryl methyl sites for hydroxylation is 1. The Hall–Kier alpha value is -0.510. The molecule has 0 bridgehead atoms. The fourth-order valence-corrected chi connectivity index (χ4v) is 4.08. The zero-order valence-electron chi connectivity index (χ0n) is 15.6. The Morgan fingerprint density at radius 2 is 1.78 bits per heavy atom. The van der Waals surface area contributed by atoms with E-state index in [0.717, 1.165) is 36.5 Å². The SMILES string of the molecule is CCOC(C)(C)CCCC(C)CC[S+]([O-])c1ccc(CC)cc1. The van der Waals surface area contributed by atoms with E-state index < -0.39 is 11.2 Å². The van der Waals surface area contributed by atoms with Crippen molar-refractivity contribution in [2.45, 2.75) is 77.2 Å². The summed E-state index contributed by atoms with van der Waals surface area (Å²) in [4.78, 5) is 0.965. The molecule has 0 amide bonds. The van der Waals surface area contributed by atoms with Crippen LogP contribution in [0.25, 0.3) is 0 Å². The smallest absolute Gasteiger partial charge is 0.152 e. The second-order valence-electron chi connectivity index (χ2n) is 7.03. The average molecular weight is 339 g/mol. The lowest BCUT2D eigenvalue weighted by Gasteiger charge is -2.25. The standard InChI is InChI=1S/C20H34O2S/c1-6-18-10-12-19(13-11-18)23(21)16-14-17(3)9-8-15-20(4,5)22-7-2/h10-13,17H,6-9,14-16H2,1-5H3. The Bertz CT molecular complexity index is 428. The van der Waals surface area contributed by atoms with Crippen molar-refractivity contribution in [1.29, 1.82) is 0 Å². The van der Waals surface area contributed by atoms with Crippen LogP contribution in [0.2, 0.25) is 0 Å². The van der Waals surface area contributed by atoms with Gasteiger partial charge in [0.1, 0.15) is 5.75 Å². The molecule has 0 aliphatic carbocycles. The summed E-state index contributed by atoms with van der Waals surface area (Å²) >= 11 is -0.865. The summed E-state index contributed by atoms with van der Waals surface area (Å²) in [7, 11) is 0. The van der Waals surface area contributed by atoms with E-state index in [4.69, 9.17) is 4.74 Å². The van der Waals surface area contributed by atoms with Crippen LogP contribution >= 0.6 is 0 Å². The third-order valence-electron chi connectivity index (χ3n) is 4.40. The van der Waals surface area contributed by atoms with Crippen LogP contribution in [0.3, 0.4) is 0 Å². The van der Waals surface area contributed by atoms with Crippen molar-refractivity contribution in [1.82, 2.24) is 0 Å². The lowest BCUT2D eigenvalue weighted by Crippen LogP contribution is -2.24. The van der Waals surface area contributed by atoms with Crippen LogP contribution in [0, 0.1) is 5.92 Å². The van der Waals surface area contributed by atoms with Gasteiger partial charge in [-0.15, -0.1) is 0 Å². The maximum Gasteiger partial charge on any atom is 0.152 e. The van der Waals surface area contributed by atoms with Crippen molar-refractivity contribution in [3.05, 3.63) is 29.8 Å². The Morgan fingerprint density at radius 1 is 1.13 bits per heavy atom. The first-order valence-corrected chi connectivity index (χ1v) is 10.3. The largest absolute Gasteiger partial charge is 0.611 e. The zero-order valence-corrected chi connectivity index (χ0v) is 16.4. The van der Waals surface area contributed by atoms with Crippen molar-refractivity contribution in [3.8, 4) is 0 Å². The lowest BCUT2D eigenvalue weighted by atomic mass is 9.95. The highest BCUT2D eigenvalue weighted by Gasteiger charge is 2.18. The molecule has 132 valence electrons. The molecule has 0 saturated carbocycles. The van der Waals surface area contributed by atoms with Gasteiger partial charge >= 0.3 is 0 Å². The van der Waals surface area contributed by atoms with E-state index >= 15 is 0 Å². The molecule has 2 nitrogen and oxygen atoms in total. The van der Waals surface area contributed by atoms with Gasteiger partial charge in [-0.2, -0.15) is 0 Å². The van der Waals surface area contributed by atoms with Crippen molar-refractivity contribution >= 4 is 11.2 Å². The molecule has 1 rings (SSSR count). The summed E-state index contributed by atoms with van der Waals surface area (Å²) < 4.78 is 18.1. The molecule has 2 atom stereocenters. The zero-order chi connectivity index (χ0) is 17.3. The second kappa shape index (κ2) is 10.4. The molecule has 0 aliphatic heterocycles. The van der Waals surface area contributed by atoms with Crippen molar-refractivity contribution in [3.63, 3.8) is 0 Å². The highest BCUT2D eigenvalue weighted by molar-refractivity contribution is 7.91. The minimum absolute atomic E-state index is 0.0156. The first-order chi connectivity index (χ1) is 10.9. The van der Waals surface area contributed by atoms with E-state index in [-0.39, 0.29) is 5.60 Å². The van der Waals surface area contributed by atoms with Gasteiger partial charge in [-0.1, -0.05) is 38.8 Å². The molecule has 23 heavy (non-hydrogen) atoms. The molecule has 0 heterocycles. The lowest BCUT2D eigenvalue weighted by molar-refractivity contribution is -0.0182. The molecule has 0 saturated heterocycles. The molecule has 0 spiro atoms. The average Bonchev–Trinajstić information content (AvgIpc) is 2.52. The predicted molar refractivity (Wildman–Crippen MR) is 100 cm³/mol. The molecule has 0 N–H and O–H groups in total. The van der Waals surface area contributed by atoms with Crippen molar-refractivity contribution in [2.75, 3.05) is 12.4 Å². The summed E-state index contributed by atoms with van der Waals surface area (Å²) in [6.45, 7) is 11.6. The summed E-state index contributed by atoms with van der Waals surface area (Å²) in [6.07, 6.45) is 5.50. The minimum atomic E-state index is -0.865. The van der Waals surface area contributed by atoms with Crippen molar-refractivity contribution in [2.24, 2.45) is 5.92 Å². The van der Waals surface area contributed by atoms with Gasteiger partial charge in [-0.3, -0.25) is 0 Å². The number of rotatable bonds is 11. The van der Waals surface area contributed by atoms with E-state index in [1.165, 1.54) is 18.4 Å². The number of hydrogen-bond donors (Lipinski definition) is 0. The Morgan fingerprint density at radius 3 is 2.35 bits per heavy atom. The molecule has 0 aliphatic rings. The van der Waals surface area contributed by atoms with Gasteiger partial charge in [0.2, 0.25) is 0 Å². The quantitative estimate of drug-likeness (QED) is 0.508. The molecule has 3 heteroatoms. The molecule has 1 aromatic carbocycles. The second-order valence-corrected chi connectivity index (χ2v) is 8.60. The monoisotopic (exact) mass is 338 g/mol. The number of benzene rings is 1. The van der Waals surface area contributed by atoms with Crippen LogP contribution in [0.15, 0.2) is 29.2 Å². The predicted octanol–water partition coefficient (Wildman–Crippen LogP) is 5.37. The van der Waals surface area contributed by atoms with Gasteiger partial charge in [0, 0.05) is 6.61 Å². The van der Waals surface area contributed by atoms with Crippen LogP contribution in [0.4, 0.5) is 0 Å². The normalized spacial score (nSPS) is 14.7. The third-order valence-corrected chi connectivity index (χ3v) is 5.81. The molecule has 0 aromatic heterocycles. The minimum Gasteiger partial charge on any atom is -0.611 e. The maximum absolute atomic E-state index is 12.4. The van der Waals surface area contributed by atoms with Gasteiger partial charge in [0.15, 0.2) is 4.90 Å². The topological polar surface area (TPSA) is 32.3 Å². The summed E-state index contributed by atoms with van der Waals surface area (Å²) in [5.74, 6) is 1.38. The van der Waals surface area contributed by atoms with Gasteiger partial charge in [-0.05, 0) is 74.8 Å². The van der Waals surface area contributed by atoms with Crippen LogP contribution in [-0.2, 0) is 22.3 Å². The summed E-state index contributed by atoms with van der Waals surface area (Å²) in [5.41, 5.74) is 1.29.